The number of hydrogen-bond acceptors (Lipinski definition) is 3. The van der Waals surface area contributed by atoms with E-state index in [9.17, 15) is 0 Å². The number of rotatable bonds is 4. The molecule has 2 aromatic rings. The zero-order valence-electron chi connectivity index (χ0n) is 9.95. The van der Waals surface area contributed by atoms with Gasteiger partial charge >= 0.3 is 0 Å². The van der Waals surface area contributed by atoms with Crippen molar-refractivity contribution in [1.82, 2.24) is 9.78 Å². The van der Waals surface area contributed by atoms with Crippen molar-refractivity contribution in [1.29, 1.82) is 0 Å². The predicted octanol–water partition coefficient (Wildman–Crippen LogP) is 2.50. The van der Waals surface area contributed by atoms with Gasteiger partial charge in [0, 0.05) is 13.2 Å². The molecule has 0 aliphatic carbocycles. The van der Waals surface area contributed by atoms with E-state index in [0.29, 0.717) is 6.54 Å². The first-order valence-corrected chi connectivity index (χ1v) is 5.50. The van der Waals surface area contributed by atoms with E-state index >= 15 is 0 Å². The molecule has 0 spiro atoms. The largest absolute Gasteiger partial charge is 0.465 e. The number of hydrogen-bond donors (Lipinski definition) is 1. The van der Waals surface area contributed by atoms with Gasteiger partial charge in [-0.2, -0.15) is 5.10 Å². The summed E-state index contributed by atoms with van der Waals surface area (Å²) < 4.78 is 7.32. The minimum Gasteiger partial charge on any atom is -0.465 e. The Morgan fingerprint density at radius 3 is 2.88 bits per heavy atom. The van der Waals surface area contributed by atoms with E-state index in [0.717, 1.165) is 29.3 Å². The third kappa shape index (κ3) is 2.27. The molecule has 0 unspecified atom stereocenters. The van der Waals surface area contributed by atoms with Crippen molar-refractivity contribution in [3.8, 4) is 0 Å². The monoisotopic (exact) mass is 219 g/mol. The van der Waals surface area contributed by atoms with E-state index in [1.165, 1.54) is 0 Å². The van der Waals surface area contributed by atoms with Gasteiger partial charge in [0.05, 0.1) is 17.9 Å². The number of nitrogens with one attached hydrogen (secondary N) is 1. The Labute approximate surface area is 95.3 Å². The van der Waals surface area contributed by atoms with Gasteiger partial charge in [-0.15, -0.1) is 0 Å². The lowest BCUT2D eigenvalue weighted by Gasteiger charge is -2.02. The Hall–Kier alpha value is -1.71. The van der Waals surface area contributed by atoms with Gasteiger partial charge < -0.3 is 9.73 Å². The first-order valence-electron chi connectivity index (χ1n) is 5.50. The van der Waals surface area contributed by atoms with Crippen LogP contribution in [0.4, 0.5) is 5.69 Å². The number of furan rings is 1. The molecule has 0 bridgehead atoms. The lowest BCUT2D eigenvalue weighted by molar-refractivity contribution is 0.490. The average Bonchev–Trinajstić information content (AvgIpc) is 2.81. The van der Waals surface area contributed by atoms with Gasteiger partial charge in [0.2, 0.25) is 0 Å². The second-order valence-corrected chi connectivity index (χ2v) is 3.88. The second kappa shape index (κ2) is 4.43. The molecule has 16 heavy (non-hydrogen) atoms. The molecule has 0 aromatic carbocycles. The van der Waals surface area contributed by atoms with Crippen LogP contribution in [0.1, 0.15) is 24.1 Å². The molecule has 0 fully saturated rings. The van der Waals surface area contributed by atoms with Crippen LogP contribution in [0.3, 0.4) is 0 Å². The fraction of sp³-hybridized carbons (Fsp3) is 0.417. The molecule has 4 nitrogen and oxygen atoms in total. The number of anilines is 1. The highest BCUT2D eigenvalue weighted by atomic mass is 16.3. The summed E-state index contributed by atoms with van der Waals surface area (Å²) >= 11 is 0. The van der Waals surface area contributed by atoms with Gasteiger partial charge in [-0.25, -0.2) is 0 Å². The van der Waals surface area contributed by atoms with Gasteiger partial charge in [0.15, 0.2) is 0 Å². The topological polar surface area (TPSA) is 43.0 Å². The first-order chi connectivity index (χ1) is 7.69. The summed E-state index contributed by atoms with van der Waals surface area (Å²) in [6.07, 6.45) is 2.93. The van der Waals surface area contributed by atoms with Crippen molar-refractivity contribution in [2.75, 3.05) is 5.32 Å². The Morgan fingerprint density at radius 1 is 1.44 bits per heavy atom. The Kier molecular flexibility index (Phi) is 2.99. The molecule has 0 amide bonds. The highest BCUT2D eigenvalue weighted by molar-refractivity contribution is 5.46. The van der Waals surface area contributed by atoms with Crippen LogP contribution in [0.5, 0.6) is 0 Å². The van der Waals surface area contributed by atoms with Crippen LogP contribution >= 0.6 is 0 Å². The Balaban J connectivity index is 2.04. The lowest BCUT2D eigenvalue weighted by atomic mass is 10.3. The van der Waals surface area contributed by atoms with E-state index in [1.807, 2.05) is 37.0 Å². The van der Waals surface area contributed by atoms with Gasteiger partial charge in [0.1, 0.15) is 11.5 Å². The predicted molar refractivity (Wildman–Crippen MR) is 63.4 cm³/mol. The van der Waals surface area contributed by atoms with Gasteiger partial charge in [-0.3, -0.25) is 4.68 Å². The van der Waals surface area contributed by atoms with Crippen LogP contribution in [0.25, 0.3) is 0 Å². The molecule has 2 aromatic heterocycles. The van der Waals surface area contributed by atoms with E-state index < -0.39 is 0 Å². The van der Waals surface area contributed by atoms with E-state index in [2.05, 4.69) is 17.3 Å². The molecule has 0 radical (unpaired) electrons. The molecule has 2 heterocycles. The highest BCUT2D eigenvalue weighted by Gasteiger charge is 2.06. The van der Waals surface area contributed by atoms with Gasteiger partial charge in [0.25, 0.3) is 0 Å². The third-order valence-corrected chi connectivity index (χ3v) is 2.49. The van der Waals surface area contributed by atoms with Crippen molar-refractivity contribution < 1.29 is 4.42 Å². The SMILES string of the molecule is CCc1nn(C)cc1NCc1ccc(C)o1. The normalized spacial score (nSPS) is 10.7. The molecule has 0 aliphatic heterocycles. The maximum absolute atomic E-state index is 5.50. The Morgan fingerprint density at radius 2 is 2.25 bits per heavy atom. The van der Waals surface area contributed by atoms with Crippen molar-refractivity contribution in [2.45, 2.75) is 26.8 Å². The van der Waals surface area contributed by atoms with Crippen molar-refractivity contribution >= 4 is 5.69 Å². The summed E-state index contributed by atoms with van der Waals surface area (Å²) in [6.45, 7) is 4.75. The van der Waals surface area contributed by atoms with Crippen LogP contribution in [0.2, 0.25) is 0 Å². The zero-order valence-corrected chi connectivity index (χ0v) is 9.95. The van der Waals surface area contributed by atoms with Crippen molar-refractivity contribution in [2.24, 2.45) is 7.05 Å². The van der Waals surface area contributed by atoms with Crippen LogP contribution in [-0.2, 0) is 20.0 Å². The fourth-order valence-corrected chi connectivity index (χ4v) is 1.71. The average molecular weight is 219 g/mol. The number of nitrogens with zero attached hydrogens (tertiary/aromatic N) is 2. The quantitative estimate of drug-likeness (QED) is 0.859. The molecule has 86 valence electrons. The van der Waals surface area contributed by atoms with Gasteiger partial charge in [-0.1, -0.05) is 6.92 Å². The molecule has 4 heteroatoms. The Bertz CT molecular complexity index is 470. The maximum Gasteiger partial charge on any atom is 0.123 e. The van der Waals surface area contributed by atoms with E-state index in [1.54, 1.807) is 0 Å². The third-order valence-electron chi connectivity index (χ3n) is 2.49. The van der Waals surface area contributed by atoms with Crippen molar-refractivity contribution in [3.05, 3.63) is 35.5 Å². The summed E-state index contributed by atoms with van der Waals surface area (Å²) in [6, 6.07) is 3.96. The molecule has 2 rings (SSSR count). The molecular weight excluding hydrogens is 202 g/mol. The minimum atomic E-state index is 0.701. The van der Waals surface area contributed by atoms with Crippen LogP contribution in [-0.4, -0.2) is 9.78 Å². The lowest BCUT2D eigenvalue weighted by Crippen LogP contribution is -1.99. The van der Waals surface area contributed by atoms with Crippen LogP contribution < -0.4 is 5.32 Å². The van der Waals surface area contributed by atoms with E-state index in [-0.39, 0.29) is 0 Å². The van der Waals surface area contributed by atoms with Crippen LogP contribution in [0.15, 0.2) is 22.7 Å². The van der Waals surface area contributed by atoms with E-state index in [4.69, 9.17) is 4.42 Å². The van der Waals surface area contributed by atoms with Gasteiger partial charge in [-0.05, 0) is 25.5 Å². The van der Waals surface area contributed by atoms with Crippen LogP contribution in [0, 0.1) is 6.92 Å². The summed E-state index contributed by atoms with van der Waals surface area (Å²) in [7, 11) is 1.93. The standard InChI is InChI=1S/C12H17N3O/c1-4-11-12(8-15(3)14-11)13-7-10-6-5-9(2)16-10/h5-6,8,13H,4,7H2,1-3H3. The zero-order chi connectivity index (χ0) is 11.5. The molecule has 0 aliphatic rings. The number of aromatic nitrogens is 2. The summed E-state index contributed by atoms with van der Waals surface area (Å²) in [5, 5.41) is 7.71. The molecular formula is C12H17N3O. The fourth-order valence-electron chi connectivity index (χ4n) is 1.71. The number of aryl methyl sites for hydroxylation is 3. The minimum absolute atomic E-state index is 0.701. The maximum atomic E-state index is 5.50. The molecule has 1 N–H and O–H groups in total. The first kappa shape index (κ1) is 10.8. The molecule has 0 atom stereocenters. The van der Waals surface area contributed by atoms with Crippen molar-refractivity contribution in [3.63, 3.8) is 0 Å². The summed E-state index contributed by atoms with van der Waals surface area (Å²) in [5.41, 5.74) is 2.17. The summed E-state index contributed by atoms with van der Waals surface area (Å²) in [5.74, 6) is 1.89. The second-order valence-electron chi connectivity index (χ2n) is 3.88. The highest BCUT2D eigenvalue weighted by Crippen LogP contribution is 2.15. The molecule has 0 saturated heterocycles. The molecule has 0 saturated carbocycles. The summed E-state index contributed by atoms with van der Waals surface area (Å²) in [4.78, 5) is 0. The smallest absolute Gasteiger partial charge is 0.123 e.